The summed E-state index contributed by atoms with van der Waals surface area (Å²) in [6.45, 7) is 9.51. The minimum Gasteiger partial charge on any atom is -0.467 e. The van der Waals surface area contributed by atoms with Gasteiger partial charge in [-0.2, -0.15) is 0 Å². The molecular weight excluding hydrogens is 336 g/mol. The Morgan fingerprint density at radius 1 is 1.19 bits per heavy atom. The third-order valence-corrected chi connectivity index (χ3v) is 4.19. The van der Waals surface area contributed by atoms with Crippen molar-refractivity contribution in [2.45, 2.75) is 52.3 Å². The Kier molecular flexibility index (Phi) is 7.68. The number of rotatable bonds is 7. The van der Waals surface area contributed by atoms with E-state index in [4.69, 9.17) is 13.9 Å². The SMILES string of the molecule is COC[C@@H](C)[C@@H](c1ccco1)N(C)C(=O)[C@@H](C)N(C)C(=O)OC(C)(C)C. The van der Waals surface area contributed by atoms with Crippen molar-refractivity contribution >= 4 is 12.0 Å². The van der Waals surface area contributed by atoms with E-state index in [2.05, 4.69) is 0 Å². The number of ether oxygens (including phenoxy) is 2. The number of carbonyl (C=O) groups is 2. The van der Waals surface area contributed by atoms with Crippen LogP contribution >= 0.6 is 0 Å². The summed E-state index contributed by atoms with van der Waals surface area (Å²) >= 11 is 0. The van der Waals surface area contributed by atoms with Crippen molar-refractivity contribution < 1.29 is 23.5 Å². The van der Waals surface area contributed by atoms with E-state index in [0.29, 0.717) is 12.4 Å². The van der Waals surface area contributed by atoms with Crippen LogP contribution in [-0.4, -0.2) is 61.3 Å². The van der Waals surface area contributed by atoms with Gasteiger partial charge in [-0.05, 0) is 39.8 Å². The van der Waals surface area contributed by atoms with Crippen LogP contribution in [0.25, 0.3) is 0 Å². The van der Waals surface area contributed by atoms with Crippen molar-refractivity contribution in [1.29, 1.82) is 0 Å². The number of hydrogen-bond acceptors (Lipinski definition) is 5. The molecule has 0 aliphatic carbocycles. The van der Waals surface area contributed by atoms with Crippen molar-refractivity contribution in [3.8, 4) is 0 Å². The molecule has 0 radical (unpaired) electrons. The number of carbonyl (C=O) groups excluding carboxylic acids is 2. The number of amides is 2. The Bertz CT molecular complexity index is 579. The van der Waals surface area contributed by atoms with Crippen LogP contribution in [0.1, 0.15) is 46.4 Å². The number of likely N-dealkylation sites (N-methyl/N-ethyl adjacent to an activating group) is 2. The summed E-state index contributed by atoms with van der Waals surface area (Å²) in [4.78, 5) is 28.2. The molecule has 1 rings (SSSR count). The molecule has 0 saturated heterocycles. The highest BCUT2D eigenvalue weighted by Gasteiger charge is 2.34. The van der Waals surface area contributed by atoms with Gasteiger partial charge in [-0.3, -0.25) is 9.69 Å². The second-order valence-electron chi connectivity index (χ2n) is 7.61. The fraction of sp³-hybridized carbons (Fsp3) is 0.684. The first-order chi connectivity index (χ1) is 12.0. The normalized spacial score (nSPS) is 15.1. The molecule has 3 atom stereocenters. The Labute approximate surface area is 156 Å². The van der Waals surface area contributed by atoms with Crippen LogP contribution in [0.2, 0.25) is 0 Å². The number of hydrogen-bond donors (Lipinski definition) is 0. The summed E-state index contributed by atoms with van der Waals surface area (Å²) in [7, 11) is 4.89. The van der Waals surface area contributed by atoms with E-state index >= 15 is 0 Å². The number of methoxy groups -OCH3 is 1. The van der Waals surface area contributed by atoms with Gasteiger partial charge in [-0.1, -0.05) is 6.92 Å². The maximum absolute atomic E-state index is 13.0. The van der Waals surface area contributed by atoms with Crippen LogP contribution in [0.3, 0.4) is 0 Å². The molecule has 148 valence electrons. The molecule has 2 amide bonds. The maximum Gasteiger partial charge on any atom is 0.410 e. The molecule has 1 aromatic rings. The van der Waals surface area contributed by atoms with Gasteiger partial charge in [0.25, 0.3) is 0 Å². The minimum atomic E-state index is -0.679. The molecule has 0 bridgehead atoms. The van der Waals surface area contributed by atoms with E-state index in [1.54, 1.807) is 66.1 Å². The lowest BCUT2D eigenvalue weighted by Crippen LogP contribution is -2.49. The van der Waals surface area contributed by atoms with E-state index in [0.717, 1.165) is 0 Å². The molecule has 0 fully saturated rings. The van der Waals surface area contributed by atoms with Crippen LogP contribution in [-0.2, 0) is 14.3 Å². The van der Waals surface area contributed by atoms with E-state index in [1.807, 2.05) is 13.0 Å². The molecule has 0 unspecified atom stereocenters. The number of nitrogens with zero attached hydrogens (tertiary/aromatic N) is 2. The molecule has 0 aliphatic rings. The summed E-state index contributed by atoms with van der Waals surface area (Å²) in [5, 5.41) is 0. The Morgan fingerprint density at radius 3 is 2.27 bits per heavy atom. The Hall–Kier alpha value is -2.02. The molecule has 26 heavy (non-hydrogen) atoms. The highest BCUT2D eigenvalue weighted by Crippen LogP contribution is 2.29. The molecule has 1 aromatic heterocycles. The topological polar surface area (TPSA) is 72.2 Å². The number of furan rings is 1. The zero-order chi connectivity index (χ0) is 20.1. The maximum atomic E-state index is 13.0. The molecule has 1 heterocycles. The largest absolute Gasteiger partial charge is 0.467 e. The average Bonchev–Trinajstić information content (AvgIpc) is 3.05. The third kappa shape index (κ3) is 5.76. The molecule has 0 aliphatic heterocycles. The van der Waals surface area contributed by atoms with Crippen LogP contribution in [0.5, 0.6) is 0 Å². The van der Waals surface area contributed by atoms with Gasteiger partial charge in [-0.15, -0.1) is 0 Å². The molecule has 0 aromatic carbocycles. The molecule has 0 saturated carbocycles. The lowest BCUT2D eigenvalue weighted by Gasteiger charge is -2.35. The molecule has 7 heteroatoms. The van der Waals surface area contributed by atoms with E-state index in [9.17, 15) is 9.59 Å². The fourth-order valence-corrected chi connectivity index (χ4v) is 2.76. The summed E-state index contributed by atoms with van der Waals surface area (Å²) in [5.41, 5.74) is -0.621. The molecule has 0 N–H and O–H groups in total. The first-order valence-corrected chi connectivity index (χ1v) is 8.74. The first-order valence-electron chi connectivity index (χ1n) is 8.74. The quantitative estimate of drug-likeness (QED) is 0.738. The van der Waals surface area contributed by atoms with Gasteiger partial charge in [0.15, 0.2) is 0 Å². The highest BCUT2D eigenvalue weighted by molar-refractivity contribution is 5.85. The predicted molar refractivity (Wildman–Crippen MR) is 98.7 cm³/mol. The molecule has 7 nitrogen and oxygen atoms in total. The van der Waals surface area contributed by atoms with Gasteiger partial charge < -0.3 is 18.8 Å². The van der Waals surface area contributed by atoms with Gasteiger partial charge in [0, 0.05) is 27.1 Å². The van der Waals surface area contributed by atoms with Crippen LogP contribution in [0, 0.1) is 5.92 Å². The average molecular weight is 368 g/mol. The van der Waals surface area contributed by atoms with Crippen LogP contribution < -0.4 is 0 Å². The minimum absolute atomic E-state index is 0.0131. The summed E-state index contributed by atoms with van der Waals surface area (Å²) in [5.74, 6) is 0.486. The van der Waals surface area contributed by atoms with Crippen molar-refractivity contribution in [2.24, 2.45) is 5.92 Å². The third-order valence-electron chi connectivity index (χ3n) is 4.19. The fourth-order valence-electron chi connectivity index (χ4n) is 2.76. The molecule has 0 spiro atoms. The zero-order valence-electron chi connectivity index (χ0n) is 17.1. The van der Waals surface area contributed by atoms with Crippen LogP contribution in [0.4, 0.5) is 4.79 Å². The Morgan fingerprint density at radius 2 is 1.81 bits per heavy atom. The zero-order valence-corrected chi connectivity index (χ0v) is 17.1. The van der Waals surface area contributed by atoms with Gasteiger partial charge in [0.1, 0.15) is 17.4 Å². The van der Waals surface area contributed by atoms with Crippen molar-refractivity contribution in [3.63, 3.8) is 0 Å². The van der Waals surface area contributed by atoms with Crippen molar-refractivity contribution in [3.05, 3.63) is 24.2 Å². The smallest absolute Gasteiger partial charge is 0.410 e. The van der Waals surface area contributed by atoms with E-state index in [1.165, 1.54) is 4.90 Å². The summed E-state index contributed by atoms with van der Waals surface area (Å²) in [6.07, 6.45) is 1.04. The first kappa shape index (κ1) is 22.0. The Balaban J connectivity index is 2.95. The monoisotopic (exact) mass is 368 g/mol. The predicted octanol–water partition coefficient (Wildman–Crippen LogP) is 3.32. The van der Waals surface area contributed by atoms with Gasteiger partial charge in [-0.25, -0.2) is 4.79 Å². The van der Waals surface area contributed by atoms with Crippen LogP contribution in [0.15, 0.2) is 22.8 Å². The van der Waals surface area contributed by atoms with Gasteiger partial charge >= 0.3 is 6.09 Å². The highest BCUT2D eigenvalue weighted by atomic mass is 16.6. The second-order valence-corrected chi connectivity index (χ2v) is 7.61. The lowest BCUT2D eigenvalue weighted by atomic mass is 9.98. The van der Waals surface area contributed by atoms with Gasteiger partial charge in [0.05, 0.1) is 18.9 Å². The van der Waals surface area contributed by atoms with Crippen molar-refractivity contribution in [1.82, 2.24) is 9.80 Å². The second kappa shape index (κ2) is 9.07. The summed E-state index contributed by atoms with van der Waals surface area (Å²) < 4.78 is 16.1. The summed E-state index contributed by atoms with van der Waals surface area (Å²) in [6, 6.07) is 2.65. The lowest BCUT2D eigenvalue weighted by molar-refractivity contribution is -0.138. The molecular formula is C19H32N2O5. The van der Waals surface area contributed by atoms with E-state index < -0.39 is 17.7 Å². The van der Waals surface area contributed by atoms with Crippen molar-refractivity contribution in [2.75, 3.05) is 27.8 Å². The van der Waals surface area contributed by atoms with E-state index in [-0.39, 0.29) is 17.9 Å². The van der Waals surface area contributed by atoms with Gasteiger partial charge in [0.2, 0.25) is 5.91 Å². The standard InChI is InChI=1S/C19H32N2O5/c1-13(12-24-8)16(15-10-9-11-25-15)21(7)17(22)14(2)20(6)18(23)26-19(3,4)5/h9-11,13-14,16H,12H2,1-8H3/t13-,14-,16+/m1/s1.